The Labute approximate surface area is 173 Å². The van der Waals surface area contributed by atoms with Crippen molar-refractivity contribution >= 4 is 29.3 Å². The normalized spacial score (nSPS) is 20.8. The molecule has 2 aliphatic rings. The van der Waals surface area contributed by atoms with Crippen LogP contribution in [0.4, 0.5) is 0 Å². The first-order valence-corrected chi connectivity index (χ1v) is 9.90. The van der Waals surface area contributed by atoms with Gasteiger partial charge in [0.15, 0.2) is 0 Å². The standard InChI is InChI=1S/C22H21ClN2O4/c1-24(12-16-10-11-19(29-16)14-6-8-15(23)9-7-14)20(26)13-25-21(27)17-4-2-3-5-18(17)22(25)28/h2-3,6-11,17-18H,4-5,12-13H2,1H3/t17-,18+. The number of carbonyl (C=O) groups excluding carboxylic acids is 3. The van der Waals surface area contributed by atoms with Gasteiger partial charge in [-0.05, 0) is 49.2 Å². The lowest BCUT2D eigenvalue weighted by Crippen LogP contribution is -2.41. The van der Waals surface area contributed by atoms with Gasteiger partial charge in [0.1, 0.15) is 18.1 Å². The molecule has 2 aromatic rings. The molecule has 0 unspecified atom stereocenters. The SMILES string of the molecule is CN(Cc1ccc(-c2ccc(Cl)cc2)o1)C(=O)CN1C(=O)[C@H]2CC=CC[C@H]2C1=O. The third-order valence-electron chi connectivity index (χ3n) is 5.50. The first-order chi connectivity index (χ1) is 13.9. The summed E-state index contributed by atoms with van der Waals surface area (Å²) < 4.78 is 5.83. The topological polar surface area (TPSA) is 70.8 Å². The maximum Gasteiger partial charge on any atom is 0.242 e. The lowest BCUT2D eigenvalue weighted by Gasteiger charge is -2.20. The fourth-order valence-corrected chi connectivity index (χ4v) is 3.96. The molecular formula is C22H21ClN2O4. The number of hydrogen-bond acceptors (Lipinski definition) is 4. The number of nitrogens with zero attached hydrogens (tertiary/aromatic N) is 2. The molecule has 150 valence electrons. The van der Waals surface area contributed by atoms with Crippen molar-refractivity contribution in [3.63, 3.8) is 0 Å². The number of allylic oxidation sites excluding steroid dienone is 2. The van der Waals surface area contributed by atoms with Crippen molar-refractivity contribution in [1.82, 2.24) is 9.80 Å². The predicted molar refractivity (Wildman–Crippen MR) is 108 cm³/mol. The number of likely N-dealkylation sites (N-methyl/N-ethyl adjacent to an activating group) is 1. The van der Waals surface area contributed by atoms with Crippen LogP contribution in [-0.4, -0.2) is 41.1 Å². The third kappa shape index (κ3) is 3.85. The van der Waals surface area contributed by atoms with E-state index in [1.807, 2.05) is 30.4 Å². The van der Waals surface area contributed by atoms with Crippen molar-refractivity contribution in [3.05, 3.63) is 59.3 Å². The van der Waals surface area contributed by atoms with Gasteiger partial charge in [-0.15, -0.1) is 0 Å². The Kier molecular flexibility index (Phi) is 5.28. The molecule has 0 N–H and O–H groups in total. The highest BCUT2D eigenvalue weighted by molar-refractivity contribution is 6.30. The Balaban J connectivity index is 1.38. The van der Waals surface area contributed by atoms with Crippen molar-refractivity contribution in [1.29, 1.82) is 0 Å². The summed E-state index contributed by atoms with van der Waals surface area (Å²) in [7, 11) is 1.63. The summed E-state index contributed by atoms with van der Waals surface area (Å²) in [5.41, 5.74) is 0.888. The Morgan fingerprint density at radius 3 is 2.31 bits per heavy atom. The van der Waals surface area contributed by atoms with Crippen LogP contribution in [0, 0.1) is 11.8 Å². The maximum atomic E-state index is 12.6. The Hall–Kier alpha value is -2.86. The molecule has 1 aliphatic carbocycles. The summed E-state index contributed by atoms with van der Waals surface area (Å²) in [5.74, 6) is -0.136. The largest absolute Gasteiger partial charge is 0.459 e. The molecule has 4 rings (SSSR count). The van der Waals surface area contributed by atoms with Crippen LogP contribution < -0.4 is 0 Å². The molecule has 1 aromatic carbocycles. The molecule has 2 atom stereocenters. The van der Waals surface area contributed by atoms with Gasteiger partial charge in [0.2, 0.25) is 17.7 Å². The summed E-state index contributed by atoms with van der Waals surface area (Å²) in [6.45, 7) is 0.0168. The molecule has 0 saturated carbocycles. The lowest BCUT2D eigenvalue weighted by molar-refractivity contribution is -0.146. The molecule has 29 heavy (non-hydrogen) atoms. The van der Waals surface area contributed by atoms with E-state index >= 15 is 0 Å². The molecule has 0 spiro atoms. The third-order valence-corrected chi connectivity index (χ3v) is 5.75. The van der Waals surface area contributed by atoms with Crippen molar-refractivity contribution < 1.29 is 18.8 Å². The smallest absolute Gasteiger partial charge is 0.242 e. The fraction of sp³-hybridized carbons (Fsp3) is 0.318. The summed E-state index contributed by atoms with van der Waals surface area (Å²) in [6, 6.07) is 10.9. The monoisotopic (exact) mass is 412 g/mol. The highest BCUT2D eigenvalue weighted by Crippen LogP contribution is 2.35. The molecule has 7 heteroatoms. The van der Waals surface area contributed by atoms with Crippen LogP contribution in [0.3, 0.4) is 0 Å². The number of imide groups is 1. The Bertz CT molecular complexity index is 953. The number of amides is 3. The highest BCUT2D eigenvalue weighted by Gasteiger charge is 2.47. The number of furan rings is 1. The van der Waals surface area contributed by atoms with E-state index in [0.717, 1.165) is 10.5 Å². The summed E-state index contributed by atoms with van der Waals surface area (Å²) >= 11 is 5.91. The van der Waals surface area contributed by atoms with Gasteiger partial charge in [0, 0.05) is 17.6 Å². The van der Waals surface area contributed by atoms with E-state index in [-0.39, 0.29) is 42.6 Å². The van der Waals surface area contributed by atoms with Gasteiger partial charge < -0.3 is 9.32 Å². The van der Waals surface area contributed by atoms with Crippen LogP contribution in [0.25, 0.3) is 11.3 Å². The summed E-state index contributed by atoms with van der Waals surface area (Å²) in [5, 5.41) is 0.646. The zero-order valence-corrected chi connectivity index (χ0v) is 16.8. The summed E-state index contributed by atoms with van der Waals surface area (Å²) in [6.07, 6.45) is 4.99. The molecule has 1 aliphatic heterocycles. The molecule has 1 fully saturated rings. The van der Waals surface area contributed by atoms with Gasteiger partial charge in [-0.1, -0.05) is 23.8 Å². The molecule has 0 bridgehead atoms. The van der Waals surface area contributed by atoms with Crippen LogP contribution in [0.5, 0.6) is 0 Å². The summed E-state index contributed by atoms with van der Waals surface area (Å²) in [4.78, 5) is 40.2. The van der Waals surface area contributed by atoms with Crippen molar-refractivity contribution in [2.75, 3.05) is 13.6 Å². The van der Waals surface area contributed by atoms with Crippen molar-refractivity contribution in [2.45, 2.75) is 19.4 Å². The predicted octanol–water partition coefficient (Wildman–Crippen LogP) is 3.51. The molecule has 3 amide bonds. The van der Waals surface area contributed by atoms with Gasteiger partial charge in [0.25, 0.3) is 0 Å². The average molecular weight is 413 g/mol. The van der Waals surface area contributed by atoms with Crippen LogP contribution in [-0.2, 0) is 20.9 Å². The number of fused-ring (bicyclic) bond motifs is 1. The number of carbonyl (C=O) groups is 3. The van der Waals surface area contributed by atoms with Crippen molar-refractivity contribution in [3.8, 4) is 11.3 Å². The quantitative estimate of drug-likeness (QED) is 0.556. The molecule has 1 saturated heterocycles. The van der Waals surface area contributed by atoms with E-state index < -0.39 is 0 Å². The number of hydrogen-bond donors (Lipinski definition) is 0. The van der Waals surface area contributed by atoms with Crippen molar-refractivity contribution in [2.24, 2.45) is 11.8 Å². The first kappa shape index (κ1) is 19.5. The molecule has 1 aromatic heterocycles. The molecule has 2 heterocycles. The van der Waals surface area contributed by atoms with Gasteiger partial charge in [-0.25, -0.2) is 0 Å². The van der Waals surface area contributed by atoms with Gasteiger partial charge in [0.05, 0.1) is 18.4 Å². The minimum atomic E-state index is -0.322. The lowest BCUT2D eigenvalue weighted by atomic mass is 9.85. The second kappa shape index (κ2) is 7.87. The Morgan fingerprint density at radius 2 is 1.69 bits per heavy atom. The van der Waals surface area contributed by atoms with E-state index in [9.17, 15) is 14.4 Å². The zero-order chi connectivity index (χ0) is 20.5. The van der Waals surface area contributed by atoms with E-state index in [1.54, 1.807) is 25.2 Å². The second-order valence-electron chi connectivity index (χ2n) is 7.44. The van der Waals surface area contributed by atoms with E-state index in [4.69, 9.17) is 16.0 Å². The van der Waals surface area contributed by atoms with Crippen LogP contribution in [0.1, 0.15) is 18.6 Å². The minimum absolute atomic E-state index is 0.230. The van der Waals surface area contributed by atoms with Crippen LogP contribution in [0.2, 0.25) is 5.02 Å². The fourth-order valence-electron chi connectivity index (χ4n) is 3.83. The van der Waals surface area contributed by atoms with Gasteiger partial charge in [-0.2, -0.15) is 0 Å². The van der Waals surface area contributed by atoms with Gasteiger partial charge >= 0.3 is 0 Å². The van der Waals surface area contributed by atoms with E-state index in [2.05, 4.69) is 0 Å². The molecular weight excluding hydrogens is 392 g/mol. The number of likely N-dealkylation sites (tertiary alicyclic amines) is 1. The number of rotatable bonds is 5. The maximum absolute atomic E-state index is 12.6. The van der Waals surface area contributed by atoms with Crippen LogP contribution >= 0.6 is 11.6 Å². The second-order valence-corrected chi connectivity index (χ2v) is 7.88. The molecule has 0 radical (unpaired) electrons. The van der Waals surface area contributed by atoms with Gasteiger partial charge in [-0.3, -0.25) is 19.3 Å². The first-order valence-electron chi connectivity index (χ1n) is 9.53. The average Bonchev–Trinajstić information content (AvgIpc) is 3.28. The number of benzene rings is 1. The Morgan fingerprint density at radius 1 is 1.07 bits per heavy atom. The minimum Gasteiger partial charge on any atom is -0.459 e. The number of halogens is 1. The van der Waals surface area contributed by atoms with Crippen LogP contribution in [0.15, 0.2) is 53.0 Å². The van der Waals surface area contributed by atoms with E-state index in [1.165, 1.54) is 4.90 Å². The zero-order valence-electron chi connectivity index (χ0n) is 16.0. The highest BCUT2D eigenvalue weighted by atomic mass is 35.5. The van der Waals surface area contributed by atoms with E-state index in [0.29, 0.717) is 29.4 Å². The molecule has 6 nitrogen and oxygen atoms in total.